The third kappa shape index (κ3) is 2.67. The molecule has 18 heavy (non-hydrogen) atoms. The maximum atomic E-state index is 13.3. The molecule has 0 spiro atoms. The zero-order valence-corrected chi connectivity index (χ0v) is 10.1. The predicted molar refractivity (Wildman–Crippen MR) is 69.6 cm³/mol. The molecule has 3 heteroatoms. The van der Waals surface area contributed by atoms with Crippen LogP contribution in [-0.4, -0.2) is 0 Å². The number of nitrogens with one attached hydrogen (secondary N) is 1. The van der Waals surface area contributed by atoms with Crippen molar-refractivity contribution in [2.45, 2.75) is 13.5 Å². The van der Waals surface area contributed by atoms with E-state index in [-0.39, 0.29) is 5.82 Å². The lowest BCUT2D eigenvalue weighted by atomic mass is 10.1. The van der Waals surface area contributed by atoms with Gasteiger partial charge in [0.25, 0.3) is 0 Å². The normalized spacial score (nSPS) is 9.83. The molecule has 0 aliphatic rings. The number of hydrogen-bond donors (Lipinski definition) is 1. The maximum absolute atomic E-state index is 13.3. The number of benzene rings is 2. The van der Waals surface area contributed by atoms with E-state index in [1.165, 1.54) is 6.07 Å². The van der Waals surface area contributed by atoms with Gasteiger partial charge < -0.3 is 5.32 Å². The number of nitriles is 1. The fourth-order valence-electron chi connectivity index (χ4n) is 1.69. The lowest BCUT2D eigenvalue weighted by Crippen LogP contribution is -2.01. The zero-order chi connectivity index (χ0) is 13.0. The molecule has 2 rings (SSSR count). The van der Waals surface area contributed by atoms with E-state index in [1.54, 1.807) is 25.1 Å². The van der Waals surface area contributed by atoms with Crippen LogP contribution in [-0.2, 0) is 6.54 Å². The first-order valence-electron chi connectivity index (χ1n) is 5.69. The Labute approximate surface area is 106 Å². The van der Waals surface area contributed by atoms with Crippen molar-refractivity contribution in [3.63, 3.8) is 0 Å². The van der Waals surface area contributed by atoms with Crippen LogP contribution in [0.2, 0.25) is 0 Å². The van der Waals surface area contributed by atoms with E-state index in [0.29, 0.717) is 17.7 Å². The standard InChI is InChI=1S/C15H13FN2/c1-11-14(16)3-2-4-15(11)18-10-13-7-5-12(9-17)6-8-13/h2-8,18H,10H2,1H3. The molecule has 0 aliphatic carbocycles. The van der Waals surface area contributed by atoms with Crippen molar-refractivity contribution >= 4 is 5.69 Å². The fourth-order valence-corrected chi connectivity index (χ4v) is 1.69. The van der Waals surface area contributed by atoms with Crippen LogP contribution in [0.15, 0.2) is 42.5 Å². The van der Waals surface area contributed by atoms with Gasteiger partial charge in [0.15, 0.2) is 0 Å². The van der Waals surface area contributed by atoms with Crippen LogP contribution in [0.25, 0.3) is 0 Å². The highest BCUT2D eigenvalue weighted by Crippen LogP contribution is 2.18. The minimum Gasteiger partial charge on any atom is -0.381 e. The second-order valence-corrected chi connectivity index (χ2v) is 4.07. The van der Waals surface area contributed by atoms with Crippen molar-refractivity contribution in [1.82, 2.24) is 0 Å². The summed E-state index contributed by atoms with van der Waals surface area (Å²) in [5.41, 5.74) is 3.10. The summed E-state index contributed by atoms with van der Waals surface area (Å²) < 4.78 is 13.3. The molecule has 0 bridgehead atoms. The summed E-state index contributed by atoms with van der Waals surface area (Å²) in [4.78, 5) is 0. The Morgan fingerprint density at radius 1 is 1.17 bits per heavy atom. The molecular weight excluding hydrogens is 227 g/mol. The Bertz CT molecular complexity index is 582. The molecule has 0 saturated heterocycles. The summed E-state index contributed by atoms with van der Waals surface area (Å²) in [5, 5.41) is 11.9. The molecule has 0 radical (unpaired) electrons. The van der Waals surface area contributed by atoms with Gasteiger partial charge in [-0.15, -0.1) is 0 Å². The second-order valence-electron chi connectivity index (χ2n) is 4.07. The highest BCUT2D eigenvalue weighted by atomic mass is 19.1. The van der Waals surface area contributed by atoms with Crippen LogP contribution < -0.4 is 5.32 Å². The smallest absolute Gasteiger partial charge is 0.128 e. The first-order chi connectivity index (χ1) is 8.70. The molecule has 90 valence electrons. The topological polar surface area (TPSA) is 35.8 Å². The summed E-state index contributed by atoms with van der Waals surface area (Å²) in [5.74, 6) is -0.208. The van der Waals surface area contributed by atoms with Crippen molar-refractivity contribution < 1.29 is 4.39 Å². The molecular formula is C15H13FN2. The summed E-state index contributed by atoms with van der Waals surface area (Å²) in [6.45, 7) is 2.35. The molecule has 0 heterocycles. The first-order valence-corrected chi connectivity index (χ1v) is 5.69. The average Bonchev–Trinajstić information content (AvgIpc) is 2.41. The van der Waals surface area contributed by atoms with Gasteiger partial charge in [0.05, 0.1) is 11.6 Å². The summed E-state index contributed by atoms with van der Waals surface area (Å²) in [6, 6.07) is 14.4. The van der Waals surface area contributed by atoms with Crippen molar-refractivity contribution in [3.8, 4) is 6.07 Å². The van der Waals surface area contributed by atoms with E-state index in [2.05, 4.69) is 11.4 Å². The Morgan fingerprint density at radius 3 is 2.56 bits per heavy atom. The fraction of sp³-hybridized carbons (Fsp3) is 0.133. The summed E-state index contributed by atoms with van der Waals surface area (Å²) in [6.07, 6.45) is 0. The van der Waals surface area contributed by atoms with Crippen LogP contribution in [0.1, 0.15) is 16.7 Å². The van der Waals surface area contributed by atoms with E-state index in [0.717, 1.165) is 11.3 Å². The summed E-state index contributed by atoms with van der Waals surface area (Å²) in [7, 11) is 0. The van der Waals surface area contributed by atoms with E-state index < -0.39 is 0 Å². The van der Waals surface area contributed by atoms with Crippen molar-refractivity contribution in [1.29, 1.82) is 5.26 Å². The van der Waals surface area contributed by atoms with Gasteiger partial charge in [0, 0.05) is 17.8 Å². The van der Waals surface area contributed by atoms with Crippen LogP contribution >= 0.6 is 0 Å². The average molecular weight is 240 g/mol. The highest BCUT2D eigenvalue weighted by molar-refractivity contribution is 5.51. The third-order valence-corrected chi connectivity index (χ3v) is 2.83. The van der Waals surface area contributed by atoms with Gasteiger partial charge in [-0.25, -0.2) is 4.39 Å². The first kappa shape index (κ1) is 12.1. The van der Waals surface area contributed by atoms with E-state index in [1.807, 2.05) is 18.2 Å². The Morgan fingerprint density at radius 2 is 1.89 bits per heavy atom. The Balaban J connectivity index is 2.07. The number of nitrogens with zero attached hydrogens (tertiary/aromatic N) is 1. The molecule has 0 atom stereocenters. The van der Waals surface area contributed by atoms with Crippen LogP contribution in [0, 0.1) is 24.1 Å². The Kier molecular flexibility index (Phi) is 3.59. The SMILES string of the molecule is Cc1c(F)cccc1NCc1ccc(C#N)cc1. The molecule has 0 amide bonds. The Hall–Kier alpha value is -2.34. The molecule has 0 saturated carbocycles. The number of anilines is 1. The number of rotatable bonds is 3. The van der Waals surface area contributed by atoms with Gasteiger partial charge in [0.1, 0.15) is 5.82 Å². The number of hydrogen-bond acceptors (Lipinski definition) is 2. The van der Waals surface area contributed by atoms with Crippen molar-refractivity contribution in [2.24, 2.45) is 0 Å². The van der Waals surface area contributed by atoms with Gasteiger partial charge in [-0.1, -0.05) is 18.2 Å². The van der Waals surface area contributed by atoms with Gasteiger partial charge in [-0.05, 0) is 36.8 Å². The summed E-state index contributed by atoms with van der Waals surface area (Å²) >= 11 is 0. The molecule has 2 aromatic rings. The lowest BCUT2D eigenvalue weighted by Gasteiger charge is -2.10. The molecule has 0 fully saturated rings. The third-order valence-electron chi connectivity index (χ3n) is 2.83. The molecule has 1 N–H and O–H groups in total. The van der Waals surface area contributed by atoms with Gasteiger partial charge in [-0.2, -0.15) is 5.26 Å². The van der Waals surface area contributed by atoms with Gasteiger partial charge >= 0.3 is 0 Å². The van der Waals surface area contributed by atoms with E-state index >= 15 is 0 Å². The van der Waals surface area contributed by atoms with Crippen LogP contribution in [0.3, 0.4) is 0 Å². The zero-order valence-electron chi connectivity index (χ0n) is 10.1. The molecule has 0 unspecified atom stereocenters. The highest BCUT2D eigenvalue weighted by Gasteiger charge is 2.02. The van der Waals surface area contributed by atoms with E-state index in [4.69, 9.17) is 5.26 Å². The van der Waals surface area contributed by atoms with Gasteiger partial charge in [0.2, 0.25) is 0 Å². The van der Waals surface area contributed by atoms with Gasteiger partial charge in [-0.3, -0.25) is 0 Å². The minimum atomic E-state index is -0.208. The van der Waals surface area contributed by atoms with Crippen molar-refractivity contribution in [2.75, 3.05) is 5.32 Å². The molecule has 0 aliphatic heterocycles. The monoisotopic (exact) mass is 240 g/mol. The minimum absolute atomic E-state index is 0.208. The van der Waals surface area contributed by atoms with Crippen LogP contribution in [0.5, 0.6) is 0 Å². The molecule has 2 aromatic carbocycles. The second kappa shape index (κ2) is 5.33. The van der Waals surface area contributed by atoms with Crippen molar-refractivity contribution in [3.05, 3.63) is 65.0 Å². The lowest BCUT2D eigenvalue weighted by molar-refractivity contribution is 0.619. The molecule has 2 nitrogen and oxygen atoms in total. The molecule has 0 aromatic heterocycles. The predicted octanol–water partition coefficient (Wildman–Crippen LogP) is 3.62. The maximum Gasteiger partial charge on any atom is 0.128 e. The van der Waals surface area contributed by atoms with Crippen LogP contribution in [0.4, 0.5) is 10.1 Å². The largest absolute Gasteiger partial charge is 0.381 e. The number of halogens is 1. The van der Waals surface area contributed by atoms with E-state index in [9.17, 15) is 4.39 Å². The quantitative estimate of drug-likeness (QED) is 0.889.